The van der Waals surface area contributed by atoms with Crippen LogP contribution in [0.2, 0.25) is 0 Å². The van der Waals surface area contributed by atoms with Crippen molar-refractivity contribution in [1.29, 1.82) is 0 Å². The lowest BCUT2D eigenvalue weighted by Gasteiger charge is -2.08. The fourth-order valence-electron chi connectivity index (χ4n) is 2.45. The van der Waals surface area contributed by atoms with Gasteiger partial charge < -0.3 is 5.32 Å². The van der Waals surface area contributed by atoms with E-state index in [4.69, 9.17) is 0 Å². The molecule has 5 heteroatoms. The van der Waals surface area contributed by atoms with E-state index in [-0.39, 0.29) is 17.5 Å². The summed E-state index contributed by atoms with van der Waals surface area (Å²) < 4.78 is 22.0. The molecule has 0 saturated carbocycles. The number of fused-ring (bicyclic) bond motifs is 1. The van der Waals surface area contributed by atoms with Crippen LogP contribution in [0.4, 0.5) is 5.69 Å². The highest BCUT2D eigenvalue weighted by Gasteiger charge is 2.23. The van der Waals surface area contributed by atoms with Crippen molar-refractivity contribution >= 4 is 21.3 Å². The molecule has 0 spiro atoms. The summed E-state index contributed by atoms with van der Waals surface area (Å²) in [7, 11) is -2.96. The average Bonchev–Trinajstić information content (AvgIpc) is 2.71. The lowest BCUT2D eigenvalue weighted by Crippen LogP contribution is -2.11. The third-order valence-electron chi connectivity index (χ3n) is 3.38. The molecular formula is C14H19NO3S. The van der Waals surface area contributed by atoms with Crippen LogP contribution in [0.1, 0.15) is 30.7 Å². The third kappa shape index (κ3) is 4.06. The molecule has 0 radical (unpaired) electrons. The Hall–Kier alpha value is -1.36. The molecular weight excluding hydrogens is 262 g/mol. The minimum absolute atomic E-state index is 0.0955. The van der Waals surface area contributed by atoms with Gasteiger partial charge in [0.25, 0.3) is 0 Å². The summed E-state index contributed by atoms with van der Waals surface area (Å²) in [4.78, 5) is 11.9. The SMILES string of the molecule is CS(=O)(=O)CCCC(=O)CC1CNc2ccccc21. The molecule has 1 heterocycles. The van der Waals surface area contributed by atoms with Gasteiger partial charge in [0.1, 0.15) is 15.6 Å². The summed E-state index contributed by atoms with van der Waals surface area (Å²) >= 11 is 0. The zero-order chi connectivity index (χ0) is 13.9. The van der Waals surface area contributed by atoms with Crippen LogP contribution in [0.15, 0.2) is 24.3 Å². The van der Waals surface area contributed by atoms with E-state index in [1.807, 2.05) is 24.3 Å². The Morgan fingerprint density at radius 3 is 2.84 bits per heavy atom. The number of ketones is 1. The summed E-state index contributed by atoms with van der Waals surface area (Å²) in [6, 6.07) is 8.02. The smallest absolute Gasteiger partial charge is 0.147 e. The minimum Gasteiger partial charge on any atom is -0.384 e. The van der Waals surface area contributed by atoms with Crippen LogP contribution in [-0.4, -0.2) is 32.8 Å². The topological polar surface area (TPSA) is 63.2 Å². The Morgan fingerprint density at radius 1 is 1.37 bits per heavy atom. The fraction of sp³-hybridized carbons (Fsp3) is 0.500. The number of sulfone groups is 1. The van der Waals surface area contributed by atoms with E-state index in [1.165, 1.54) is 11.8 Å². The Labute approximate surface area is 114 Å². The summed E-state index contributed by atoms with van der Waals surface area (Å²) in [5.41, 5.74) is 2.30. The Bertz CT molecular complexity index is 566. The summed E-state index contributed by atoms with van der Waals surface area (Å²) in [6.45, 7) is 0.789. The van der Waals surface area contributed by atoms with Gasteiger partial charge in [-0.15, -0.1) is 0 Å². The molecule has 1 aromatic rings. The standard InChI is InChI=1S/C14H19NO3S/c1-19(17,18)8-4-5-12(16)9-11-10-15-14-7-3-2-6-13(11)14/h2-3,6-7,11,15H,4-5,8-10H2,1H3. The maximum absolute atomic E-state index is 11.9. The third-order valence-corrected chi connectivity index (χ3v) is 4.41. The molecule has 1 aliphatic rings. The Kier molecular flexibility index (Phi) is 4.24. The first kappa shape index (κ1) is 14.1. The fourth-order valence-corrected chi connectivity index (χ4v) is 3.12. The van der Waals surface area contributed by atoms with E-state index in [2.05, 4.69) is 5.32 Å². The number of benzene rings is 1. The van der Waals surface area contributed by atoms with Crippen LogP contribution in [0.25, 0.3) is 0 Å². The quantitative estimate of drug-likeness (QED) is 0.866. The molecule has 4 nitrogen and oxygen atoms in total. The molecule has 0 aliphatic carbocycles. The molecule has 0 aromatic heterocycles. The number of hydrogen-bond donors (Lipinski definition) is 1. The molecule has 1 aromatic carbocycles. The normalized spacial score (nSPS) is 17.8. The molecule has 0 saturated heterocycles. The predicted molar refractivity (Wildman–Crippen MR) is 76.2 cm³/mol. The van der Waals surface area contributed by atoms with Gasteiger partial charge >= 0.3 is 0 Å². The highest BCUT2D eigenvalue weighted by molar-refractivity contribution is 7.90. The molecule has 0 bridgehead atoms. The highest BCUT2D eigenvalue weighted by Crippen LogP contribution is 2.33. The molecule has 1 unspecified atom stereocenters. The highest BCUT2D eigenvalue weighted by atomic mass is 32.2. The number of carbonyl (C=O) groups excluding carboxylic acids is 1. The predicted octanol–water partition coefficient (Wildman–Crippen LogP) is 1.98. The average molecular weight is 281 g/mol. The molecule has 0 fully saturated rings. The second-order valence-electron chi connectivity index (χ2n) is 5.14. The molecule has 2 rings (SSSR count). The molecule has 104 valence electrons. The zero-order valence-electron chi connectivity index (χ0n) is 11.1. The summed E-state index contributed by atoms with van der Waals surface area (Å²) in [5, 5.41) is 3.29. The van der Waals surface area contributed by atoms with Gasteiger partial charge in [-0.3, -0.25) is 4.79 Å². The van der Waals surface area contributed by atoms with E-state index in [9.17, 15) is 13.2 Å². The first-order chi connectivity index (χ1) is 8.96. The van der Waals surface area contributed by atoms with Gasteiger partial charge in [-0.05, 0) is 18.1 Å². The maximum Gasteiger partial charge on any atom is 0.147 e. The van der Waals surface area contributed by atoms with Crippen molar-refractivity contribution in [3.8, 4) is 0 Å². The van der Waals surface area contributed by atoms with Gasteiger partial charge in [0.15, 0.2) is 0 Å². The number of carbonyl (C=O) groups is 1. The number of rotatable bonds is 6. The van der Waals surface area contributed by atoms with Gasteiger partial charge in [-0.2, -0.15) is 0 Å². The molecule has 0 amide bonds. The monoisotopic (exact) mass is 281 g/mol. The van der Waals surface area contributed by atoms with Crippen molar-refractivity contribution in [3.05, 3.63) is 29.8 Å². The lowest BCUT2D eigenvalue weighted by atomic mass is 9.94. The van der Waals surface area contributed by atoms with Gasteiger partial charge in [-0.25, -0.2) is 8.42 Å². The van der Waals surface area contributed by atoms with E-state index >= 15 is 0 Å². The van der Waals surface area contributed by atoms with Crippen molar-refractivity contribution in [2.24, 2.45) is 0 Å². The van der Waals surface area contributed by atoms with Crippen molar-refractivity contribution in [1.82, 2.24) is 0 Å². The van der Waals surface area contributed by atoms with Crippen LogP contribution in [0.3, 0.4) is 0 Å². The maximum atomic E-state index is 11.9. The van der Waals surface area contributed by atoms with Gasteiger partial charge in [0, 0.05) is 37.2 Å². The molecule has 19 heavy (non-hydrogen) atoms. The van der Waals surface area contributed by atoms with Crippen molar-refractivity contribution < 1.29 is 13.2 Å². The van der Waals surface area contributed by atoms with Crippen LogP contribution in [0, 0.1) is 0 Å². The van der Waals surface area contributed by atoms with Crippen LogP contribution in [0.5, 0.6) is 0 Å². The zero-order valence-corrected chi connectivity index (χ0v) is 11.9. The van der Waals surface area contributed by atoms with Gasteiger partial charge in [0.2, 0.25) is 0 Å². The number of nitrogens with one attached hydrogen (secondary N) is 1. The first-order valence-corrected chi connectivity index (χ1v) is 8.54. The Balaban J connectivity index is 1.84. The second-order valence-corrected chi connectivity index (χ2v) is 7.40. The van der Waals surface area contributed by atoms with E-state index in [0.717, 1.165) is 12.2 Å². The van der Waals surface area contributed by atoms with Crippen LogP contribution < -0.4 is 5.32 Å². The van der Waals surface area contributed by atoms with E-state index in [0.29, 0.717) is 19.3 Å². The van der Waals surface area contributed by atoms with Crippen molar-refractivity contribution in [2.45, 2.75) is 25.2 Å². The molecule has 1 N–H and O–H groups in total. The second kappa shape index (κ2) is 5.74. The van der Waals surface area contributed by atoms with E-state index < -0.39 is 9.84 Å². The minimum atomic E-state index is -2.96. The van der Waals surface area contributed by atoms with Crippen LogP contribution in [-0.2, 0) is 14.6 Å². The number of para-hydroxylation sites is 1. The van der Waals surface area contributed by atoms with Gasteiger partial charge in [-0.1, -0.05) is 18.2 Å². The summed E-state index contributed by atoms with van der Waals surface area (Å²) in [6.07, 6.45) is 2.48. The number of Topliss-reactive ketones (excluding diaryl/α,β-unsaturated/α-hetero) is 1. The lowest BCUT2D eigenvalue weighted by molar-refractivity contribution is -0.119. The first-order valence-electron chi connectivity index (χ1n) is 6.48. The molecule has 1 atom stereocenters. The van der Waals surface area contributed by atoms with E-state index in [1.54, 1.807) is 0 Å². The summed E-state index contributed by atoms with van der Waals surface area (Å²) in [5.74, 6) is 0.465. The van der Waals surface area contributed by atoms with Crippen molar-refractivity contribution in [3.63, 3.8) is 0 Å². The number of anilines is 1. The largest absolute Gasteiger partial charge is 0.384 e. The molecule has 1 aliphatic heterocycles. The van der Waals surface area contributed by atoms with Gasteiger partial charge in [0.05, 0.1) is 5.75 Å². The number of hydrogen-bond acceptors (Lipinski definition) is 4. The Morgan fingerprint density at radius 2 is 2.11 bits per heavy atom. The van der Waals surface area contributed by atoms with Crippen molar-refractivity contribution in [2.75, 3.05) is 23.9 Å². The van der Waals surface area contributed by atoms with Crippen LogP contribution >= 0.6 is 0 Å².